The molecule has 0 aromatic heterocycles. The van der Waals surface area contributed by atoms with Crippen LogP contribution in [0.1, 0.15) is 43.5 Å². The van der Waals surface area contributed by atoms with Gasteiger partial charge in [-0.1, -0.05) is 19.1 Å². The lowest BCUT2D eigenvalue weighted by Gasteiger charge is -2.37. The minimum atomic E-state index is -0.412. The van der Waals surface area contributed by atoms with Crippen LogP contribution in [-0.4, -0.2) is 36.4 Å². The molecule has 0 amide bonds. The van der Waals surface area contributed by atoms with Gasteiger partial charge >= 0.3 is 0 Å². The van der Waals surface area contributed by atoms with Gasteiger partial charge < -0.3 is 4.74 Å². The summed E-state index contributed by atoms with van der Waals surface area (Å²) in [5.74, 6) is 0.848. The predicted octanol–water partition coefficient (Wildman–Crippen LogP) is 3.14. The van der Waals surface area contributed by atoms with Gasteiger partial charge in [-0.15, -0.1) is 0 Å². The van der Waals surface area contributed by atoms with E-state index in [9.17, 15) is 4.79 Å². The smallest absolute Gasteiger partial charge is 0.186 e. The zero-order valence-electron chi connectivity index (χ0n) is 12.1. The molecule has 0 aliphatic carbocycles. The Kier molecular flexibility index (Phi) is 4.25. The molecular formula is C16H23NO2. The summed E-state index contributed by atoms with van der Waals surface area (Å²) >= 11 is 0. The van der Waals surface area contributed by atoms with E-state index in [2.05, 4.69) is 18.7 Å². The van der Waals surface area contributed by atoms with E-state index in [4.69, 9.17) is 4.74 Å². The highest BCUT2D eigenvalue weighted by Crippen LogP contribution is 2.31. The molecule has 1 fully saturated rings. The Bertz CT molecular complexity index is 452. The molecule has 1 atom stereocenters. The van der Waals surface area contributed by atoms with Gasteiger partial charge in [-0.05, 0) is 51.4 Å². The van der Waals surface area contributed by atoms with Crippen LogP contribution in [0, 0.1) is 0 Å². The van der Waals surface area contributed by atoms with E-state index < -0.39 is 5.54 Å². The summed E-state index contributed by atoms with van der Waals surface area (Å²) in [6.45, 7) is 6.19. The van der Waals surface area contributed by atoms with E-state index in [0.29, 0.717) is 11.3 Å². The van der Waals surface area contributed by atoms with E-state index in [1.54, 1.807) is 7.11 Å². The van der Waals surface area contributed by atoms with Crippen molar-refractivity contribution in [3.05, 3.63) is 29.8 Å². The number of carbonyl (C=O) groups is 1. The molecule has 104 valence electrons. The van der Waals surface area contributed by atoms with E-state index in [1.807, 2.05) is 24.3 Å². The molecule has 1 aromatic carbocycles. The van der Waals surface area contributed by atoms with Crippen LogP contribution in [0.25, 0.3) is 0 Å². The van der Waals surface area contributed by atoms with Crippen molar-refractivity contribution in [1.82, 2.24) is 4.90 Å². The number of methoxy groups -OCH3 is 1. The summed E-state index contributed by atoms with van der Waals surface area (Å²) in [5.41, 5.74) is 0.284. The maximum absolute atomic E-state index is 12.9. The summed E-state index contributed by atoms with van der Waals surface area (Å²) in [6, 6.07) is 7.52. The molecule has 19 heavy (non-hydrogen) atoms. The van der Waals surface area contributed by atoms with E-state index in [0.717, 1.165) is 19.5 Å². The first kappa shape index (κ1) is 14.1. The van der Waals surface area contributed by atoms with Crippen LogP contribution in [0.5, 0.6) is 5.75 Å². The lowest BCUT2D eigenvalue weighted by molar-refractivity contribution is 0.0644. The number of hydrogen-bond donors (Lipinski definition) is 0. The van der Waals surface area contributed by atoms with Crippen LogP contribution >= 0.6 is 0 Å². The van der Waals surface area contributed by atoms with E-state index >= 15 is 0 Å². The zero-order chi connectivity index (χ0) is 13.9. The Morgan fingerprint density at radius 2 is 1.95 bits per heavy atom. The van der Waals surface area contributed by atoms with Crippen LogP contribution in [0.2, 0.25) is 0 Å². The van der Waals surface area contributed by atoms with Crippen molar-refractivity contribution in [3.63, 3.8) is 0 Å². The topological polar surface area (TPSA) is 29.5 Å². The average molecular weight is 261 g/mol. The second-order valence-electron chi connectivity index (χ2n) is 5.35. The standard InChI is InChI=1S/C16H23NO2/c1-4-16(2,17-11-7-8-12-17)15(18)13-9-5-6-10-14(13)19-3/h5-6,9-10H,4,7-8,11-12H2,1-3H3. The lowest BCUT2D eigenvalue weighted by Crippen LogP contribution is -2.50. The van der Waals surface area contributed by atoms with E-state index in [1.165, 1.54) is 12.8 Å². The fraction of sp³-hybridized carbons (Fsp3) is 0.562. The monoisotopic (exact) mass is 261 g/mol. The predicted molar refractivity (Wildman–Crippen MR) is 76.8 cm³/mol. The molecule has 2 rings (SSSR count). The number of hydrogen-bond acceptors (Lipinski definition) is 3. The summed E-state index contributed by atoms with van der Waals surface area (Å²) < 4.78 is 5.33. The number of rotatable bonds is 5. The first-order chi connectivity index (χ1) is 9.13. The van der Waals surface area contributed by atoms with Gasteiger partial charge in [-0.3, -0.25) is 9.69 Å². The number of nitrogens with zero attached hydrogens (tertiary/aromatic N) is 1. The van der Waals surface area contributed by atoms with Crippen LogP contribution in [-0.2, 0) is 0 Å². The highest BCUT2D eigenvalue weighted by molar-refractivity contribution is 6.05. The summed E-state index contributed by atoms with van der Waals surface area (Å²) in [4.78, 5) is 15.3. The van der Waals surface area contributed by atoms with Crippen LogP contribution in [0.15, 0.2) is 24.3 Å². The molecule has 1 unspecified atom stereocenters. The molecule has 1 heterocycles. The fourth-order valence-corrected chi connectivity index (χ4v) is 2.86. The van der Waals surface area contributed by atoms with Crippen molar-refractivity contribution in [2.24, 2.45) is 0 Å². The van der Waals surface area contributed by atoms with Crippen LogP contribution < -0.4 is 4.74 Å². The van der Waals surface area contributed by atoms with Crippen molar-refractivity contribution < 1.29 is 9.53 Å². The number of carbonyl (C=O) groups excluding carboxylic acids is 1. The number of ketones is 1. The van der Waals surface area contributed by atoms with Crippen molar-refractivity contribution in [1.29, 1.82) is 0 Å². The molecule has 3 heteroatoms. The summed E-state index contributed by atoms with van der Waals surface area (Å²) in [6.07, 6.45) is 3.20. The van der Waals surface area contributed by atoms with Gasteiger partial charge in [0.25, 0.3) is 0 Å². The molecule has 0 N–H and O–H groups in total. The molecule has 0 bridgehead atoms. The molecule has 3 nitrogen and oxygen atoms in total. The molecule has 1 aromatic rings. The third kappa shape index (κ3) is 2.52. The molecule has 0 radical (unpaired) electrons. The Morgan fingerprint density at radius 1 is 1.32 bits per heavy atom. The quantitative estimate of drug-likeness (QED) is 0.763. The van der Waals surface area contributed by atoms with E-state index in [-0.39, 0.29) is 5.78 Å². The summed E-state index contributed by atoms with van der Waals surface area (Å²) in [7, 11) is 1.62. The van der Waals surface area contributed by atoms with Crippen molar-refractivity contribution >= 4 is 5.78 Å². The molecule has 1 saturated heterocycles. The fourth-order valence-electron chi connectivity index (χ4n) is 2.86. The number of Topliss-reactive ketones (excluding diaryl/α,β-unsaturated/α-hetero) is 1. The van der Waals surface area contributed by atoms with Crippen LogP contribution in [0.4, 0.5) is 0 Å². The van der Waals surface area contributed by atoms with Crippen molar-refractivity contribution in [2.45, 2.75) is 38.6 Å². The highest BCUT2D eigenvalue weighted by Gasteiger charge is 2.40. The number of para-hydroxylation sites is 1. The first-order valence-electron chi connectivity index (χ1n) is 7.06. The van der Waals surface area contributed by atoms with Gasteiger partial charge in [-0.2, -0.15) is 0 Å². The molecule has 0 saturated carbocycles. The third-order valence-corrected chi connectivity index (χ3v) is 4.33. The average Bonchev–Trinajstić information content (AvgIpc) is 3.00. The maximum atomic E-state index is 12.9. The molecule has 1 aliphatic rings. The molecule has 1 aliphatic heterocycles. The van der Waals surface area contributed by atoms with Gasteiger partial charge in [-0.25, -0.2) is 0 Å². The highest BCUT2D eigenvalue weighted by atomic mass is 16.5. The maximum Gasteiger partial charge on any atom is 0.186 e. The Hall–Kier alpha value is -1.35. The third-order valence-electron chi connectivity index (χ3n) is 4.33. The zero-order valence-corrected chi connectivity index (χ0v) is 12.1. The lowest BCUT2D eigenvalue weighted by atomic mass is 9.86. The van der Waals surface area contributed by atoms with Gasteiger partial charge in [0.15, 0.2) is 5.78 Å². The van der Waals surface area contributed by atoms with Gasteiger partial charge in [0.05, 0.1) is 18.2 Å². The van der Waals surface area contributed by atoms with Crippen molar-refractivity contribution in [3.8, 4) is 5.75 Å². The largest absolute Gasteiger partial charge is 0.496 e. The van der Waals surface area contributed by atoms with Crippen molar-refractivity contribution in [2.75, 3.05) is 20.2 Å². The SMILES string of the molecule is CCC(C)(C(=O)c1ccccc1OC)N1CCCC1. The van der Waals surface area contributed by atoms with Gasteiger partial charge in [0.2, 0.25) is 0 Å². The second-order valence-corrected chi connectivity index (χ2v) is 5.35. The molecular weight excluding hydrogens is 238 g/mol. The van der Waals surface area contributed by atoms with Gasteiger partial charge in [0, 0.05) is 0 Å². The molecule has 0 spiro atoms. The minimum Gasteiger partial charge on any atom is -0.496 e. The Morgan fingerprint density at radius 3 is 2.53 bits per heavy atom. The number of likely N-dealkylation sites (tertiary alicyclic amines) is 1. The van der Waals surface area contributed by atoms with Crippen LogP contribution in [0.3, 0.4) is 0 Å². The Balaban J connectivity index is 2.34. The number of ether oxygens (including phenoxy) is 1. The normalized spacial score (nSPS) is 19.1. The first-order valence-corrected chi connectivity index (χ1v) is 7.06. The number of benzene rings is 1. The van der Waals surface area contributed by atoms with Gasteiger partial charge in [0.1, 0.15) is 5.75 Å². The Labute approximate surface area is 115 Å². The second kappa shape index (κ2) is 5.74. The summed E-state index contributed by atoms with van der Waals surface area (Å²) in [5, 5.41) is 0. The minimum absolute atomic E-state index is 0.175.